The number of rotatable bonds is 4. The minimum atomic E-state index is -0.674. The Morgan fingerprint density at radius 3 is 2.75 bits per heavy atom. The van der Waals surface area contributed by atoms with Crippen molar-refractivity contribution < 1.29 is 4.79 Å². The first kappa shape index (κ1) is 17.3. The maximum absolute atomic E-state index is 12.9. The summed E-state index contributed by atoms with van der Waals surface area (Å²) in [5, 5.41) is 11.2. The number of nitrogen functional groups attached to an aromatic ring is 1. The fourth-order valence-electron chi connectivity index (χ4n) is 2.87. The van der Waals surface area contributed by atoms with E-state index in [4.69, 9.17) is 11.5 Å². The summed E-state index contributed by atoms with van der Waals surface area (Å²) in [6.07, 6.45) is 4.74. The Bertz CT molecular complexity index is 1280. The molecule has 0 spiro atoms. The van der Waals surface area contributed by atoms with Crippen molar-refractivity contribution in [2.75, 3.05) is 11.1 Å². The van der Waals surface area contributed by atoms with Crippen LogP contribution in [0.3, 0.4) is 0 Å². The summed E-state index contributed by atoms with van der Waals surface area (Å²) in [5.41, 5.74) is 12.5. The molecule has 4 aromatic heterocycles. The smallest absolute Gasteiger partial charge is 0.280 e. The monoisotopic (exact) mass is 379 g/mol. The predicted octanol–water partition coefficient (Wildman–Crippen LogP) is 0.347. The summed E-state index contributed by atoms with van der Waals surface area (Å²) in [5.74, 6) is 0.335. The van der Waals surface area contributed by atoms with Crippen molar-refractivity contribution in [2.24, 2.45) is 12.8 Å². The van der Waals surface area contributed by atoms with Crippen molar-refractivity contribution in [3.63, 3.8) is 0 Å². The molecule has 0 bridgehead atoms. The van der Waals surface area contributed by atoms with E-state index in [-0.39, 0.29) is 34.1 Å². The molecule has 28 heavy (non-hydrogen) atoms. The Morgan fingerprint density at radius 2 is 2.07 bits per heavy atom. The number of nitrogens with two attached hydrogens (primary N) is 2. The number of carbonyl (C=O) groups excluding carboxylic acids is 1. The number of hydrogen-bond acceptors (Lipinski definition) is 7. The number of anilines is 3. The quantitative estimate of drug-likeness (QED) is 0.462. The maximum atomic E-state index is 12.9. The highest BCUT2D eigenvalue weighted by Crippen LogP contribution is 2.19. The first-order chi connectivity index (χ1) is 13.3. The molecule has 0 aromatic carbocycles. The first-order valence-corrected chi connectivity index (χ1v) is 8.28. The number of aromatic nitrogens is 6. The van der Waals surface area contributed by atoms with Crippen LogP contribution in [0.15, 0.2) is 41.6 Å². The van der Waals surface area contributed by atoms with Gasteiger partial charge in [-0.2, -0.15) is 14.7 Å². The largest absolute Gasteiger partial charge is 0.383 e. The lowest BCUT2D eigenvalue weighted by molar-refractivity contribution is 0.100. The van der Waals surface area contributed by atoms with Crippen LogP contribution in [0.1, 0.15) is 15.9 Å². The van der Waals surface area contributed by atoms with Gasteiger partial charge in [0, 0.05) is 31.6 Å². The molecule has 0 aliphatic carbocycles. The lowest BCUT2D eigenvalue weighted by Gasteiger charge is -2.11. The van der Waals surface area contributed by atoms with Crippen molar-refractivity contribution in [3.05, 3.63) is 58.3 Å². The van der Waals surface area contributed by atoms with Crippen molar-refractivity contribution in [1.29, 1.82) is 0 Å². The molecule has 0 unspecified atom stereocenters. The molecule has 4 heterocycles. The Labute approximate surface area is 158 Å². The Balaban J connectivity index is 1.81. The van der Waals surface area contributed by atoms with E-state index in [0.717, 1.165) is 5.56 Å². The number of primary amides is 1. The molecule has 0 aliphatic rings. The van der Waals surface area contributed by atoms with Crippen LogP contribution >= 0.6 is 0 Å². The molecular weight excluding hydrogens is 362 g/mol. The summed E-state index contributed by atoms with van der Waals surface area (Å²) in [4.78, 5) is 28.8. The minimum Gasteiger partial charge on any atom is -0.383 e. The van der Waals surface area contributed by atoms with Gasteiger partial charge in [-0.15, -0.1) is 0 Å². The highest BCUT2D eigenvalue weighted by molar-refractivity contribution is 5.98. The molecule has 5 N–H and O–H groups in total. The van der Waals surface area contributed by atoms with Gasteiger partial charge in [0.2, 0.25) is 0 Å². The summed E-state index contributed by atoms with van der Waals surface area (Å²) >= 11 is 0. The van der Waals surface area contributed by atoms with Gasteiger partial charge in [0.1, 0.15) is 22.9 Å². The third kappa shape index (κ3) is 2.84. The van der Waals surface area contributed by atoms with Gasteiger partial charge in [-0.25, -0.2) is 4.98 Å². The SMILES string of the molecule is Cc1cc(Nc2cc(N)n3ncc(C(N)=O)c3n2)c(=O)n(-c2ccn(C)n2)c1. The highest BCUT2D eigenvalue weighted by Gasteiger charge is 2.15. The fourth-order valence-corrected chi connectivity index (χ4v) is 2.87. The molecule has 0 saturated heterocycles. The van der Waals surface area contributed by atoms with Crippen LogP contribution in [0, 0.1) is 6.92 Å². The molecule has 11 nitrogen and oxygen atoms in total. The van der Waals surface area contributed by atoms with E-state index in [1.807, 2.05) is 6.92 Å². The van der Waals surface area contributed by atoms with Crippen molar-refractivity contribution in [1.82, 2.24) is 28.9 Å². The van der Waals surface area contributed by atoms with Crippen LogP contribution in [0.4, 0.5) is 17.3 Å². The molecule has 0 fully saturated rings. The Hall–Kier alpha value is -4.15. The van der Waals surface area contributed by atoms with Gasteiger partial charge >= 0.3 is 0 Å². The van der Waals surface area contributed by atoms with Gasteiger partial charge in [0.15, 0.2) is 11.5 Å². The number of amides is 1. The van der Waals surface area contributed by atoms with Crippen LogP contribution in [0.25, 0.3) is 11.5 Å². The number of aryl methyl sites for hydroxylation is 2. The third-order valence-corrected chi connectivity index (χ3v) is 4.13. The van der Waals surface area contributed by atoms with E-state index < -0.39 is 5.91 Å². The second kappa shape index (κ2) is 6.23. The normalized spacial score (nSPS) is 11.1. The van der Waals surface area contributed by atoms with Gasteiger partial charge in [0.05, 0.1) is 6.20 Å². The fraction of sp³-hybridized carbons (Fsp3) is 0.118. The zero-order valence-corrected chi connectivity index (χ0v) is 15.1. The van der Waals surface area contributed by atoms with E-state index in [0.29, 0.717) is 5.82 Å². The molecule has 0 atom stereocenters. The maximum Gasteiger partial charge on any atom is 0.280 e. The average Bonchev–Trinajstić information content (AvgIpc) is 3.24. The second-order valence-corrected chi connectivity index (χ2v) is 6.30. The summed E-state index contributed by atoms with van der Waals surface area (Å²) in [6.45, 7) is 1.86. The summed E-state index contributed by atoms with van der Waals surface area (Å²) < 4.78 is 4.35. The van der Waals surface area contributed by atoms with Crippen molar-refractivity contribution >= 4 is 28.9 Å². The lowest BCUT2D eigenvalue weighted by atomic mass is 10.2. The molecule has 1 amide bonds. The second-order valence-electron chi connectivity index (χ2n) is 6.30. The van der Waals surface area contributed by atoms with Gasteiger partial charge in [-0.1, -0.05) is 0 Å². The standard InChI is InChI=1S/C17H17N9O2/c1-9-5-11(17(28)25(8-9)14-3-4-24(2)23-14)21-13-6-12(18)26-16(22-13)10(7-20-26)15(19)27/h3-8H,18H2,1-2H3,(H2,19,27)(H,21,22). The summed E-state index contributed by atoms with van der Waals surface area (Å²) in [7, 11) is 1.77. The van der Waals surface area contributed by atoms with Gasteiger partial charge in [0.25, 0.3) is 11.5 Å². The highest BCUT2D eigenvalue weighted by atomic mass is 16.1. The predicted molar refractivity (Wildman–Crippen MR) is 103 cm³/mol. The van der Waals surface area contributed by atoms with Crippen molar-refractivity contribution in [2.45, 2.75) is 6.92 Å². The first-order valence-electron chi connectivity index (χ1n) is 8.28. The molecule has 142 valence electrons. The van der Waals surface area contributed by atoms with Crippen LogP contribution in [0.5, 0.6) is 0 Å². The van der Waals surface area contributed by atoms with E-state index >= 15 is 0 Å². The molecule has 0 radical (unpaired) electrons. The topological polar surface area (TPSA) is 151 Å². The zero-order valence-electron chi connectivity index (χ0n) is 15.1. The van der Waals surface area contributed by atoms with Crippen LogP contribution < -0.4 is 22.3 Å². The lowest BCUT2D eigenvalue weighted by Crippen LogP contribution is -2.22. The minimum absolute atomic E-state index is 0.130. The molecule has 4 aromatic rings. The Morgan fingerprint density at radius 1 is 1.29 bits per heavy atom. The number of pyridine rings is 1. The summed E-state index contributed by atoms with van der Waals surface area (Å²) in [6, 6.07) is 4.94. The zero-order chi connectivity index (χ0) is 20.0. The Kier molecular flexibility index (Phi) is 3.84. The molecular formula is C17H17N9O2. The molecule has 0 saturated carbocycles. The van der Waals surface area contributed by atoms with Crippen molar-refractivity contribution in [3.8, 4) is 5.82 Å². The van der Waals surface area contributed by atoms with Gasteiger partial charge in [-0.3, -0.25) is 18.8 Å². The van der Waals surface area contributed by atoms with Gasteiger partial charge < -0.3 is 16.8 Å². The van der Waals surface area contributed by atoms with E-state index in [2.05, 4.69) is 20.5 Å². The number of nitrogens with one attached hydrogen (secondary N) is 1. The van der Waals surface area contributed by atoms with Crippen LogP contribution in [-0.4, -0.2) is 34.9 Å². The number of hydrogen-bond donors (Lipinski definition) is 3. The van der Waals surface area contributed by atoms with E-state index in [1.54, 1.807) is 36.3 Å². The number of nitrogens with zero attached hydrogens (tertiary/aromatic N) is 6. The molecule has 4 rings (SSSR count). The van der Waals surface area contributed by atoms with Crippen LogP contribution in [-0.2, 0) is 7.05 Å². The number of fused-ring (bicyclic) bond motifs is 1. The number of carbonyl (C=O) groups is 1. The average molecular weight is 379 g/mol. The van der Waals surface area contributed by atoms with Gasteiger partial charge in [-0.05, 0) is 18.6 Å². The van der Waals surface area contributed by atoms with Crippen LogP contribution in [0.2, 0.25) is 0 Å². The van der Waals surface area contributed by atoms with E-state index in [1.165, 1.54) is 21.3 Å². The molecule has 11 heteroatoms. The third-order valence-electron chi connectivity index (χ3n) is 4.13. The van der Waals surface area contributed by atoms with E-state index in [9.17, 15) is 9.59 Å². The molecule has 0 aliphatic heterocycles.